The molecule has 0 saturated carbocycles. The van der Waals surface area contributed by atoms with Crippen LogP contribution in [0, 0.1) is 6.92 Å². The van der Waals surface area contributed by atoms with E-state index >= 15 is 0 Å². The minimum absolute atomic E-state index is 0.0262. The molecular weight excluding hydrogens is 394 g/mol. The van der Waals surface area contributed by atoms with Crippen molar-refractivity contribution in [2.24, 2.45) is 0 Å². The van der Waals surface area contributed by atoms with Crippen molar-refractivity contribution in [2.45, 2.75) is 46.1 Å². The van der Waals surface area contributed by atoms with Gasteiger partial charge in [-0.1, -0.05) is 38.1 Å². The first-order valence-electron chi connectivity index (χ1n) is 10.2. The molecule has 2 aromatic heterocycles. The first-order valence-corrected chi connectivity index (χ1v) is 10.2. The van der Waals surface area contributed by atoms with Crippen LogP contribution < -0.4 is 5.32 Å². The third-order valence-corrected chi connectivity index (χ3v) is 5.31. The lowest BCUT2D eigenvalue weighted by atomic mass is 9.87. The van der Waals surface area contributed by atoms with E-state index in [-0.39, 0.29) is 23.2 Å². The molecule has 8 heteroatoms. The summed E-state index contributed by atoms with van der Waals surface area (Å²) in [6, 6.07) is 9.17. The largest absolute Gasteiger partial charge is 0.361 e. The fourth-order valence-electron chi connectivity index (χ4n) is 3.47. The molecule has 1 N–H and O–H groups in total. The third-order valence-electron chi connectivity index (χ3n) is 5.31. The highest BCUT2D eigenvalue weighted by Gasteiger charge is 2.25. The molecule has 0 fully saturated rings. The molecule has 4 rings (SSSR count). The van der Waals surface area contributed by atoms with Crippen LogP contribution in [-0.2, 0) is 18.4 Å². The van der Waals surface area contributed by atoms with Crippen LogP contribution in [0.2, 0.25) is 0 Å². The summed E-state index contributed by atoms with van der Waals surface area (Å²) >= 11 is 0. The number of carbonyl (C=O) groups is 2. The first-order chi connectivity index (χ1) is 14.7. The zero-order valence-electron chi connectivity index (χ0n) is 18.1. The van der Waals surface area contributed by atoms with Gasteiger partial charge in [-0.25, -0.2) is 9.97 Å². The second kappa shape index (κ2) is 7.94. The molecule has 0 radical (unpaired) electrons. The Morgan fingerprint density at radius 1 is 1.16 bits per heavy atom. The highest BCUT2D eigenvalue weighted by Crippen LogP contribution is 2.23. The summed E-state index contributed by atoms with van der Waals surface area (Å²) in [7, 11) is 0. The normalized spacial score (nSPS) is 13.6. The molecule has 0 unspecified atom stereocenters. The Balaban J connectivity index is 1.43. The predicted molar refractivity (Wildman–Crippen MR) is 115 cm³/mol. The maximum atomic E-state index is 12.6. The molecule has 160 valence electrons. The summed E-state index contributed by atoms with van der Waals surface area (Å²) in [5.41, 5.74) is 3.71. The summed E-state index contributed by atoms with van der Waals surface area (Å²) in [5, 5.41) is 6.56. The van der Waals surface area contributed by atoms with E-state index in [4.69, 9.17) is 4.52 Å². The average molecular weight is 419 g/mol. The van der Waals surface area contributed by atoms with Gasteiger partial charge >= 0.3 is 0 Å². The lowest BCUT2D eigenvalue weighted by Crippen LogP contribution is -2.36. The Morgan fingerprint density at radius 2 is 1.90 bits per heavy atom. The molecule has 0 spiro atoms. The van der Waals surface area contributed by atoms with Gasteiger partial charge in [0.15, 0.2) is 5.69 Å². The number of rotatable bonds is 3. The van der Waals surface area contributed by atoms with E-state index in [1.165, 1.54) is 0 Å². The number of hydrogen-bond donors (Lipinski definition) is 1. The Labute approximate surface area is 180 Å². The minimum Gasteiger partial charge on any atom is -0.361 e. The summed E-state index contributed by atoms with van der Waals surface area (Å²) in [4.78, 5) is 35.6. The fourth-order valence-corrected chi connectivity index (χ4v) is 3.47. The van der Waals surface area contributed by atoms with E-state index in [0.717, 1.165) is 16.8 Å². The molecule has 0 saturated heterocycles. The van der Waals surface area contributed by atoms with Crippen molar-refractivity contribution in [3.05, 3.63) is 70.4 Å². The van der Waals surface area contributed by atoms with Crippen molar-refractivity contribution < 1.29 is 14.1 Å². The minimum atomic E-state index is -0.255. The van der Waals surface area contributed by atoms with Gasteiger partial charge in [-0.05, 0) is 30.0 Å². The van der Waals surface area contributed by atoms with E-state index in [0.29, 0.717) is 36.5 Å². The number of benzene rings is 1. The number of nitrogens with zero attached hydrogens (tertiary/aromatic N) is 4. The average Bonchev–Trinajstić information content (AvgIpc) is 3.18. The van der Waals surface area contributed by atoms with Crippen molar-refractivity contribution >= 4 is 17.8 Å². The number of aromatic nitrogens is 3. The lowest BCUT2D eigenvalue weighted by Gasteiger charge is -2.27. The summed E-state index contributed by atoms with van der Waals surface area (Å²) < 4.78 is 5.00. The fraction of sp³-hybridized carbons (Fsp3) is 0.348. The van der Waals surface area contributed by atoms with E-state index in [2.05, 4.69) is 41.2 Å². The number of amides is 2. The van der Waals surface area contributed by atoms with Gasteiger partial charge in [0.2, 0.25) is 5.95 Å². The van der Waals surface area contributed by atoms with Gasteiger partial charge in [0.1, 0.15) is 5.76 Å². The zero-order valence-corrected chi connectivity index (χ0v) is 18.1. The van der Waals surface area contributed by atoms with Crippen molar-refractivity contribution in [1.29, 1.82) is 0 Å². The first kappa shape index (κ1) is 20.7. The number of aryl methyl sites for hydroxylation is 1. The molecule has 3 heterocycles. The van der Waals surface area contributed by atoms with Gasteiger partial charge < -0.3 is 9.42 Å². The summed E-state index contributed by atoms with van der Waals surface area (Å²) in [6.45, 7) is 9.04. The van der Waals surface area contributed by atoms with Crippen LogP contribution in [0.4, 0.5) is 5.95 Å². The molecule has 8 nitrogen and oxygen atoms in total. The molecule has 1 aliphatic rings. The van der Waals surface area contributed by atoms with Crippen molar-refractivity contribution in [3.8, 4) is 0 Å². The third kappa shape index (κ3) is 4.47. The quantitative estimate of drug-likeness (QED) is 0.697. The maximum Gasteiger partial charge on any atom is 0.276 e. The smallest absolute Gasteiger partial charge is 0.276 e. The van der Waals surface area contributed by atoms with Gasteiger partial charge in [0.05, 0.1) is 5.69 Å². The second-order valence-electron chi connectivity index (χ2n) is 8.75. The molecule has 2 amide bonds. The zero-order chi connectivity index (χ0) is 22.2. The molecular formula is C23H25N5O3. The van der Waals surface area contributed by atoms with Crippen LogP contribution in [0.3, 0.4) is 0 Å². The standard InChI is InChI=1S/C23H25N5O3/c1-14-11-19(27-31-14)21(30)28-10-9-18-16(13-28)12-24-22(25-18)26-20(29)15-5-7-17(8-6-15)23(2,3)4/h5-8,11-12H,9-10,13H2,1-4H3,(H,24,25,26,29). The molecule has 31 heavy (non-hydrogen) atoms. The number of fused-ring (bicyclic) bond motifs is 1. The number of hydrogen-bond acceptors (Lipinski definition) is 6. The predicted octanol–water partition coefficient (Wildman–Crippen LogP) is 3.52. The molecule has 1 aromatic carbocycles. The van der Waals surface area contributed by atoms with Crippen LogP contribution in [-0.4, -0.2) is 38.4 Å². The Hall–Kier alpha value is -3.55. The van der Waals surface area contributed by atoms with E-state index in [9.17, 15) is 9.59 Å². The molecule has 0 atom stereocenters. The number of anilines is 1. The van der Waals surface area contributed by atoms with Gasteiger partial charge in [-0.2, -0.15) is 0 Å². The molecule has 1 aliphatic heterocycles. The van der Waals surface area contributed by atoms with Gasteiger partial charge in [-0.3, -0.25) is 14.9 Å². The molecule has 0 bridgehead atoms. The molecule has 3 aromatic rings. The summed E-state index contributed by atoms with van der Waals surface area (Å²) in [5.74, 6) is 0.418. The summed E-state index contributed by atoms with van der Waals surface area (Å²) in [6.07, 6.45) is 2.23. The second-order valence-corrected chi connectivity index (χ2v) is 8.75. The van der Waals surface area contributed by atoms with Crippen LogP contribution in [0.5, 0.6) is 0 Å². The van der Waals surface area contributed by atoms with Gasteiger partial charge in [-0.15, -0.1) is 0 Å². The molecule has 0 aliphatic carbocycles. The van der Waals surface area contributed by atoms with Crippen molar-refractivity contribution in [2.75, 3.05) is 11.9 Å². The highest BCUT2D eigenvalue weighted by molar-refractivity contribution is 6.03. The van der Waals surface area contributed by atoms with Crippen LogP contribution >= 0.6 is 0 Å². The van der Waals surface area contributed by atoms with E-state index < -0.39 is 0 Å². The van der Waals surface area contributed by atoms with Gasteiger partial charge in [0, 0.05) is 42.9 Å². The topological polar surface area (TPSA) is 101 Å². The lowest BCUT2D eigenvalue weighted by molar-refractivity contribution is 0.0722. The monoisotopic (exact) mass is 419 g/mol. The maximum absolute atomic E-state index is 12.6. The van der Waals surface area contributed by atoms with Crippen molar-refractivity contribution in [3.63, 3.8) is 0 Å². The number of nitrogens with one attached hydrogen (secondary N) is 1. The Bertz CT molecular complexity index is 1130. The Morgan fingerprint density at radius 3 is 2.55 bits per heavy atom. The van der Waals surface area contributed by atoms with E-state index in [1.807, 2.05) is 24.3 Å². The Kier molecular flexibility index (Phi) is 5.31. The number of carbonyl (C=O) groups excluding carboxylic acids is 2. The highest BCUT2D eigenvalue weighted by atomic mass is 16.5. The van der Waals surface area contributed by atoms with Crippen LogP contribution in [0.25, 0.3) is 0 Å². The van der Waals surface area contributed by atoms with Crippen molar-refractivity contribution in [1.82, 2.24) is 20.0 Å². The van der Waals surface area contributed by atoms with Crippen LogP contribution in [0.1, 0.15) is 64.2 Å². The SMILES string of the molecule is Cc1cc(C(=O)N2CCc3nc(NC(=O)c4ccc(C(C)(C)C)cc4)ncc3C2)no1. The van der Waals surface area contributed by atoms with Gasteiger partial charge in [0.25, 0.3) is 11.8 Å². The van der Waals surface area contributed by atoms with E-state index in [1.54, 1.807) is 24.1 Å². The van der Waals surface area contributed by atoms with Crippen LogP contribution in [0.15, 0.2) is 41.1 Å².